The number of hydrogen-bond acceptors (Lipinski definition) is 5. The number of halogens is 1. The van der Waals surface area contributed by atoms with Crippen molar-refractivity contribution in [2.75, 3.05) is 14.2 Å². The second kappa shape index (κ2) is 10.3. The SMILES string of the molecule is COc1ccc(CN(Cc2ccc(OC)cc2)S(=O)(=O)c2ccc(Br)c(C(C)(C)O)c2)cc1. The van der Waals surface area contributed by atoms with Crippen molar-refractivity contribution in [3.05, 3.63) is 87.9 Å². The average molecular weight is 534 g/mol. The third-order valence-electron chi connectivity index (χ3n) is 5.27. The van der Waals surface area contributed by atoms with Gasteiger partial charge in [0.25, 0.3) is 0 Å². The molecular weight excluding hydrogens is 506 g/mol. The molecule has 0 aliphatic rings. The average Bonchev–Trinajstić information content (AvgIpc) is 2.79. The second-order valence-electron chi connectivity index (χ2n) is 8.17. The maximum atomic E-state index is 13.8. The number of sulfonamides is 1. The molecule has 0 radical (unpaired) electrons. The number of nitrogens with zero attached hydrogens (tertiary/aromatic N) is 1. The van der Waals surface area contributed by atoms with Crippen LogP contribution in [-0.4, -0.2) is 32.0 Å². The van der Waals surface area contributed by atoms with Crippen molar-refractivity contribution in [2.45, 2.75) is 37.4 Å². The lowest BCUT2D eigenvalue weighted by molar-refractivity contribution is 0.0776. The summed E-state index contributed by atoms with van der Waals surface area (Å²) in [5.41, 5.74) is 0.944. The van der Waals surface area contributed by atoms with E-state index >= 15 is 0 Å². The smallest absolute Gasteiger partial charge is 0.243 e. The molecule has 0 fully saturated rings. The Bertz CT molecular complexity index is 1140. The molecule has 0 spiro atoms. The van der Waals surface area contributed by atoms with Crippen LogP contribution in [0.25, 0.3) is 0 Å². The lowest BCUT2D eigenvalue weighted by Gasteiger charge is -2.25. The van der Waals surface area contributed by atoms with E-state index < -0.39 is 15.6 Å². The van der Waals surface area contributed by atoms with Crippen molar-refractivity contribution < 1.29 is 23.0 Å². The Morgan fingerprint density at radius 1 is 0.848 bits per heavy atom. The minimum atomic E-state index is -3.89. The van der Waals surface area contributed by atoms with Crippen LogP contribution >= 0.6 is 15.9 Å². The first kappa shape index (κ1) is 25.2. The van der Waals surface area contributed by atoms with Gasteiger partial charge in [-0.05, 0) is 73.0 Å². The van der Waals surface area contributed by atoms with E-state index in [2.05, 4.69) is 15.9 Å². The molecule has 176 valence electrons. The summed E-state index contributed by atoms with van der Waals surface area (Å²) in [5.74, 6) is 1.40. The van der Waals surface area contributed by atoms with Crippen LogP contribution in [0.1, 0.15) is 30.5 Å². The van der Waals surface area contributed by atoms with Gasteiger partial charge in [0.1, 0.15) is 11.5 Å². The van der Waals surface area contributed by atoms with Crippen molar-refractivity contribution in [3.63, 3.8) is 0 Å². The summed E-state index contributed by atoms with van der Waals surface area (Å²) in [5, 5.41) is 10.5. The van der Waals surface area contributed by atoms with Crippen LogP contribution in [-0.2, 0) is 28.7 Å². The number of ether oxygens (including phenoxy) is 2. The highest BCUT2D eigenvalue weighted by atomic mass is 79.9. The van der Waals surface area contributed by atoms with E-state index in [1.807, 2.05) is 24.3 Å². The Labute approximate surface area is 204 Å². The van der Waals surface area contributed by atoms with Gasteiger partial charge in [0, 0.05) is 17.6 Å². The minimum Gasteiger partial charge on any atom is -0.497 e. The van der Waals surface area contributed by atoms with Gasteiger partial charge in [-0.15, -0.1) is 0 Å². The summed E-state index contributed by atoms with van der Waals surface area (Å²) >= 11 is 3.41. The Balaban J connectivity index is 2.02. The van der Waals surface area contributed by atoms with Crippen LogP contribution in [0.2, 0.25) is 0 Å². The molecule has 0 aliphatic carbocycles. The van der Waals surface area contributed by atoms with E-state index in [4.69, 9.17) is 9.47 Å². The van der Waals surface area contributed by atoms with Gasteiger partial charge in [0.05, 0.1) is 24.7 Å². The first-order valence-corrected chi connectivity index (χ1v) is 12.6. The molecule has 0 bridgehead atoms. The van der Waals surface area contributed by atoms with Crippen LogP contribution in [0.4, 0.5) is 0 Å². The Morgan fingerprint density at radius 3 is 1.70 bits per heavy atom. The molecular formula is C25H28BrNO5S. The second-order valence-corrected chi connectivity index (χ2v) is 11.0. The molecule has 0 aromatic heterocycles. The Morgan fingerprint density at radius 2 is 1.30 bits per heavy atom. The number of methoxy groups -OCH3 is 2. The largest absolute Gasteiger partial charge is 0.497 e. The molecule has 0 atom stereocenters. The van der Waals surface area contributed by atoms with E-state index in [1.54, 1.807) is 64.5 Å². The van der Waals surface area contributed by atoms with Gasteiger partial charge in [-0.3, -0.25) is 0 Å². The summed E-state index contributed by atoms with van der Waals surface area (Å²) in [4.78, 5) is 0.116. The molecule has 0 heterocycles. The van der Waals surface area contributed by atoms with Crippen molar-refractivity contribution in [1.29, 1.82) is 0 Å². The van der Waals surface area contributed by atoms with Crippen LogP contribution in [0, 0.1) is 0 Å². The molecule has 0 saturated heterocycles. The fourth-order valence-electron chi connectivity index (χ4n) is 3.38. The highest BCUT2D eigenvalue weighted by molar-refractivity contribution is 9.10. The van der Waals surface area contributed by atoms with Gasteiger partial charge in [-0.1, -0.05) is 40.2 Å². The molecule has 3 aromatic rings. The lowest BCUT2D eigenvalue weighted by Crippen LogP contribution is -2.30. The third kappa shape index (κ3) is 6.14. The van der Waals surface area contributed by atoms with Gasteiger partial charge >= 0.3 is 0 Å². The lowest BCUT2D eigenvalue weighted by atomic mass is 9.99. The van der Waals surface area contributed by atoms with E-state index in [0.29, 0.717) is 21.5 Å². The van der Waals surface area contributed by atoms with Gasteiger partial charge < -0.3 is 14.6 Å². The summed E-state index contributed by atoms with van der Waals surface area (Å²) in [6.45, 7) is 3.59. The van der Waals surface area contributed by atoms with Crippen LogP contribution < -0.4 is 9.47 Å². The highest BCUT2D eigenvalue weighted by Crippen LogP contribution is 2.32. The third-order valence-corrected chi connectivity index (χ3v) is 7.75. The topological polar surface area (TPSA) is 76.1 Å². The summed E-state index contributed by atoms with van der Waals surface area (Å²) in [7, 11) is -0.716. The normalized spacial score (nSPS) is 12.1. The molecule has 33 heavy (non-hydrogen) atoms. The summed E-state index contributed by atoms with van der Waals surface area (Å²) < 4.78 is 40.0. The van der Waals surface area contributed by atoms with Gasteiger partial charge in [-0.2, -0.15) is 4.31 Å². The van der Waals surface area contributed by atoms with Crippen LogP contribution in [0.3, 0.4) is 0 Å². The zero-order valence-corrected chi connectivity index (χ0v) is 21.5. The number of rotatable bonds is 9. The Kier molecular flexibility index (Phi) is 7.84. The number of benzene rings is 3. The van der Waals surface area contributed by atoms with Gasteiger partial charge in [0.15, 0.2) is 0 Å². The highest BCUT2D eigenvalue weighted by Gasteiger charge is 2.28. The molecule has 3 rings (SSSR count). The number of aliphatic hydroxyl groups is 1. The van der Waals surface area contributed by atoms with Crippen LogP contribution in [0.15, 0.2) is 76.1 Å². The van der Waals surface area contributed by atoms with E-state index in [-0.39, 0.29) is 18.0 Å². The van der Waals surface area contributed by atoms with Gasteiger partial charge in [-0.25, -0.2) is 8.42 Å². The van der Waals surface area contributed by atoms with Crippen molar-refractivity contribution in [2.24, 2.45) is 0 Å². The van der Waals surface area contributed by atoms with E-state index in [0.717, 1.165) is 11.1 Å². The van der Waals surface area contributed by atoms with E-state index in [1.165, 1.54) is 10.4 Å². The molecule has 0 unspecified atom stereocenters. The van der Waals surface area contributed by atoms with Crippen molar-refractivity contribution in [1.82, 2.24) is 4.31 Å². The zero-order chi connectivity index (χ0) is 24.2. The quantitative estimate of drug-likeness (QED) is 0.414. The Hall–Kier alpha value is -2.39. The molecule has 1 N–H and O–H groups in total. The molecule has 6 nitrogen and oxygen atoms in total. The fraction of sp³-hybridized carbons (Fsp3) is 0.280. The van der Waals surface area contributed by atoms with E-state index in [9.17, 15) is 13.5 Å². The molecule has 0 saturated carbocycles. The minimum absolute atomic E-state index is 0.116. The molecule has 8 heteroatoms. The standard InChI is InChI=1S/C25H28BrNO5S/c1-25(2,28)23-15-22(13-14-24(23)26)33(29,30)27(16-18-5-9-20(31-3)10-6-18)17-19-7-11-21(32-4)12-8-19/h5-15,28H,16-17H2,1-4H3. The molecule has 3 aromatic carbocycles. The summed E-state index contributed by atoms with van der Waals surface area (Å²) in [6.07, 6.45) is 0. The fourth-order valence-corrected chi connectivity index (χ4v) is 5.55. The monoisotopic (exact) mass is 533 g/mol. The van der Waals surface area contributed by atoms with Crippen molar-refractivity contribution in [3.8, 4) is 11.5 Å². The predicted molar refractivity (Wildman–Crippen MR) is 132 cm³/mol. The van der Waals surface area contributed by atoms with Crippen LogP contribution in [0.5, 0.6) is 11.5 Å². The zero-order valence-electron chi connectivity index (χ0n) is 19.1. The first-order chi connectivity index (χ1) is 15.5. The molecule has 0 aliphatic heterocycles. The van der Waals surface area contributed by atoms with Gasteiger partial charge in [0.2, 0.25) is 10.0 Å². The maximum absolute atomic E-state index is 13.8. The first-order valence-electron chi connectivity index (χ1n) is 10.3. The number of hydrogen-bond donors (Lipinski definition) is 1. The summed E-state index contributed by atoms with van der Waals surface area (Å²) in [6, 6.07) is 19.3. The maximum Gasteiger partial charge on any atom is 0.243 e. The predicted octanol–water partition coefficient (Wildman–Crippen LogP) is 5.08. The molecule has 0 amide bonds. The van der Waals surface area contributed by atoms with Crippen molar-refractivity contribution >= 4 is 26.0 Å².